The fourth-order valence-electron chi connectivity index (χ4n) is 7.78. The first kappa shape index (κ1) is 38.5. The van der Waals surface area contributed by atoms with Gasteiger partial charge in [0.2, 0.25) is 10.6 Å². The summed E-state index contributed by atoms with van der Waals surface area (Å²) in [7, 11) is -1.34. The van der Waals surface area contributed by atoms with Crippen molar-refractivity contribution >= 4 is 154 Å². The Morgan fingerprint density at radius 1 is 0.400 bits per heavy atom. The largest absolute Gasteiger partial charge is 0.488 e. The Labute approximate surface area is 366 Å². The third-order valence-electron chi connectivity index (χ3n) is 10.4. The van der Waals surface area contributed by atoms with Crippen LogP contribution in [0.2, 0.25) is 15.7 Å². The highest BCUT2D eigenvalue weighted by atomic mass is 35.5. The Hall–Kier alpha value is -5.75. The lowest BCUT2D eigenvalue weighted by atomic mass is 9.81. The van der Waals surface area contributed by atoms with E-state index in [0.717, 1.165) is 43.8 Å². The van der Waals surface area contributed by atoms with Crippen LogP contribution in [0.1, 0.15) is 0 Å². The molecule has 0 saturated heterocycles. The summed E-state index contributed by atoms with van der Waals surface area (Å²) in [6.45, 7) is 0. The number of halogens is 3. The van der Waals surface area contributed by atoms with Crippen molar-refractivity contribution < 1.29 is 10.0 Å². The molecule has 0 atom stereocenters. The van der Waals surface area contributed by atoms with Crippen LogP contribution >= 0.6 is 57.5 Å². The lowest BCUT2D eigenvalue weighted by Crippen LogP contribution is -2.29. The fourth-order valence-corrected chi connectivity index (χ4v) is 10.6. The minimum Gasteiger partial charge on any atom is -0.423 e. The number of thiophene rings is 2. The molecule has 12 aromatic rings. The first-order chi connectivity index (χ1) is 29.3. The maximum absolute atomic E-state index is 8.58. The van der Waals surface area contributed by atoms with E-state index in [1.807, 2.05) is 30.3 Å². The molecule has 8 aromatic carbocycles. The molecule has 0 unspecified atom stereocenters. The molecule has 4 aromatic heterocycles. The number of nitrogens with zero attached hydrogens (tertiary/aromatic N) is 4. The van der Waals surface area contributed by atoms with E-state index in [9.17, 15) is 0 Å². The summed E-state index contributed by atoms with van der Waals surface area (Å²) in [6, 6.07) is 52.8. The van der Waals surface area contributed by atoms with Gasteiger partial charge in [-0.1, -0.05) is 133 Å². The molecule has 12 rings (SSSR count). The highest BCUT2D eigenvalue weighted by Crippen LogP contribution is 2.44. The van der Waals surface area contributed by atoms with Crippen molar-refractivity contribution in [3.05, 3.63) is 173 Å². The normalized spacial score (nSPS) is 11.4. The van der Waals surface area contributed by atoms with Crippen LogP contribution in [0.4, 0.5) is 0 Å². The summed E-state index contributed by atoms with van der Waals surface area (Å²) < 4.78 is 4.89. The number of aromatic nitrogens is 4. The topological polar surface area (TPSA) is 92.0 Å². The van der Waals surface area contributed by atoms with Crippen LogP contribution in [0.3, 0.4) is 0 Å². The SMILES string of the molecule is Clc1nc(-c2ccccc2)c2ccc3sc4ccc5ccccc5c4c3c2n1.Clc1nc(Cl)c2ccc3sc4ccc5ccccc5c4c3c2n1.OB(O)c1ccccc1. The summed E-state index contributed by atoms with van der Waals surface area (Å²) in [6.07, 6.45) is 0. The first-order valence-corrected chi connectivity index (χ1v) is 21.6. The molecular weight excluding hydrogens is 846 g/mol. The van der Waals surface area contributed by atoms with Crippen LogP contribution in [0.25, 0.3) is 95.0 Å². The molecule has 60 heavy (non-hydrogen) atoms. The van der Waals surface area contributed by atoms with Gasteiger partial charge in [0.05, 0.1) is 16.7 Å². The van der Waals surface area contributed by atoms with Crippen molar-refractivity contribution in [2.75, 3.05) is 0 Å². The third-order valence-corrected chi connectivity index (χ3v) is 13.3. The Bertz CT molecular complexity index is 3590. The number of hydrogen-bond acceptors (Lipinski definition) is 8. The molecule has 12 heteroatoms. The molecule has 6 nitrogen and oxygen atoms in total. The molecule has 0 radical (unpaired) electrons. The Kier molecular flexibility index (Phi) is 10.3. The minimum absolute atomic E-state index is 0.176. The van der Waals surface area contributed by atoms with Gasteiger partial charge in [0.1, 0.15) is 5.15 Å². The zero-order chi connectivity index (χ0) is 40.9. The van der Waals surface area contributed by atoms with Gasteiger partial charge in [-0.25, -0.2) is 19.9 Å². The fraction of sp³-hybridized carbons (Fsp3) is 0. The molecule has 0 bridgehead atoms. The zero-order valence-corrected chi connectivity index (χ0v) is 35.1. The van der Waals surface area contributed by atoms with Gasteiger partial charge in [-0.15, -0.1) is 22.7 Å². The van der Waals surface area contributed by atoms with Crippen molar-refractivity contribution in [1.82, 2.24) is 19.9 Å². The second kappa shape index (κ2) is 16.0. The Balaban J connectivity index is 0.000000122. The predicted octanol–water partition coefficient (Wildman–Crippen LogP) is 13.3. The maximum atomic E-state index is 8.58. The molecule has 0 aliphatic carbocycles. The highest BCUT2D eigenvalue weighted by molar-refractivity contribution is 7.26. The zero-order valence-electron chi connectivity index (χ0n) is 31.2. The maximum Gasteiger partial charge on any atom is 0.488 e. The monoisotopic (exact) mass is 872 g/mol. The van der Waals surface area contributed by atoms with E-state index in [0.29, 0.717) is 10.6 Å². The van der Waals surface area contributed by atoms with E-state index in [2.05, 4.69) is 123 Å². The minimum atomic E-state index is -1.34. The van der Waals surface area contributed by atoms with Crippen LogP contribution in [0.5, 0.6) is 0 Å². The predicted molar refractivity (Wildman–Crippen MR) is 257 cm³/mol. The summed E-state index contributed by atoms with van der Waals surface area (Å²) in [4.78, 5) is 17.8. The number of rotatable bonds is 2. The second-order valence-corrected chi connectivity index (χ2v) is 17.2. The quantitative estimate of drug-likeness (QED) is 0.102. The second-order valence-electron chi connectivity index (χ2n) is 14.0. The summed E-state index contributed by atoms with van der Waals surface area (Å²) in [5, 5.41) is 29.5. The molecule has 0 aliphatic rings. The van der Waals surface area contributed by atoms with Gasteiger partial charge in [0, 0.05) is 56.7 Å². The van der Waals surface area contributed by atoms with E-state index in [-0.39, 0.29) is 10.6 Å². The summed E-state index contributed by atoms with van der Waals surface area (Å²) in [5.74, 6) is 0. The highest BCUT2D eigenvalue weighted by Gasteiger charge is 2.18. The number of benzene rings is 8. The average molecular weight is 874 g/mol. The van der Waals surface area contributed by atoms with Crippen LogP contribution in [-0.2, 0) is 0 Å². The van der Waals surface area contributed by atoms with Crippen molar-refractivity contribution in [2.24, 2.45) is 0 Å². The van der Waals surface area contributed by atoms with Crippen molar-refractivity contribution in [2.45, 2.75) is 0 Å². The summed E-state index contributed by atoms with van der Waals surface area (Å²) >= 11 is 22.3. The van der Waals surface area contributed by atoms with Gasteiger partial charge < -0.3 is 10.0 Å². The molecule has 4 heterocycles. The molecule has 0 aliphatic heterocycles. The van der Waals surface area contributed by atoms with Crippen LogP contribution in [0, 0.1) is 0 Å². The van der Waals surface area contributed by atoms with Crippen LogP contribution in [0.15, 0.2) is 158 Å². The van der Waals surface area contributed by atoms with Gasteiger partial charge in [0.25, 0.3) is 0 Å². The smallest absolute Gasteiger partial charge is 0.423 e. The molecule has 0 fully saturated rings. The standard InChI is InChI=1S/C24H13ClN2S.C18H8Cl2N2S.C6H7BO2/c25-24-26-22(15-7-2-1-3-8-15)17-11-13-19-21(23(17)27-24)20-16-9-5-4-6-14(16)10-12-18(20)28-19;19-17-11-6-8-13-15(16(11)21-18(20)22-17)14-10-4-2-1-3-9(10)5-7-12(14)23-13;8-7(9)6-4-2-1-3-5-6/h1-13H;1-8H;1-5,8-9H. The van der Waals surface area contributed by atoms with Crippen molar-refractivity contribution in [3.8, 4) is 11.3 Å². The van der Waals surface area contributed by atoms with E-state index in [4.69, 9.17) is 44.9 Å². The van der Waals surface area contributed by atoms with E-state index >= 15 is 0 Å². The van der Waals surface area contributed by atoms with E-state index in [1.54, 1.807) is 46.9 Å². The molecule has 288 valence electrons. The molecular formula is C48H28BCl3N4O2S2. The van der Waals surface area contributed by atoms with Gasteiger partial charge >= 0.3 is 7.12 Å². The summed E-state index contributed by atoms with van der Waals surface area (Å²) in [5.41, 5.74) is 4.17. The van der Waals surface area contributed by atoms with Gasteiger partial charge in [-0.2, -0.15) is 0 Å². The number of hydrogen-bond donors (Lipinski definition) is 2. The Morgan fingerprint density at radius 2 is 0.850 bits per heavy atom. The lowest BCUT2D eigenvalue weighted by Gasteiger charge is -2.08. The third kappa shape index (κ3) is 6.98. The van der Waals surface area contributed by atoms with E-state index in [1.165, 1.54) is 51.1 Å². The Morgan fingerprint density at radius 3 is 1.40 bits per heavy atom. The van der Waals surface area contributed by atoms with Crippen molar-refractivity contribution in [3.63, 3.8) is 0 Å². The lowest BCUT2D eigenvalue weighted by molar-refractivity contribution is 0.426. The van der Waals surface area contributed by atoms with Crippen molar-refractivity contribution in [1.29, 1.82) is 0 Å². The van der Waals surface area contributed by atoms with Crippen LogP contribution < -0.4 is 5.46 Å². The first-order valence-electron chi connectivity index (χ1n) is 18.8. The van der Waals surface area contributed by atoms with E-state index < -0.39 is 7.12 Å². The molecule has 0 saturated carbocycles. The molecule has 0 amide bonds. The van der Waals surface area contributed by atoms with Gasteiger partial charge in [-0.05, 0) is 86.6 Å². The average Bonchev–Trinajstić information content (AvgIpc) is 3.87. The van der Waals surface area contributed by atoms with Crippen LogP contribution in [-0.4, -0.2) is 37.1 Å². The number of fused-ring (bicyclic) bond motifs is 14. The van der Waals surface area contributed by atoms with Gasteiger partial charge in [-0.3, -0.25) is 0 Å². The molecule has 0 spiro atoms. The molecule has 2 N–H and O–H groups in total. The van der Waals surface area contributed by atoms with Gasteiger partial charge in [0.15, 0.2) is 0 Å².